The van der Waals surface area contributed by atoms with Crippen LogP contribution in [0.3, 0.4) is 0 Å². The quantitative estimate of drug-likeness (QED) is 0.485. The molecule has 0 spiro atoms. The molecule has 0 unspecified atom stereocenters. The van der Waals surface area contributed by atoms with E-state index in [4.69, 9.17) is 4.74 Å². The van der Waals surface area contributed by atoms with Gasteiger partial charge in [-0.1, -0.05) is 12.2 Å². The summed E-state index contributed by atoms with van der Waals surface area (Å²) in [5.74, 6) is -0.177. The fourth-order valence-corrected chi connectivity index (χ4v) is 4.33. The molecule has 0 N–H and O–H groups in total. The van der Waals surface area contributed by atoms with Crippen molar-refractivity contribution in [3.63, 3.8) is 0 Å². The highest BCUT2D eigenvalue weighted by Gasteiger charge is 2.59. The molecule has 1 saturated heterocycles. The molecular formula is C19H19NO4. The summed E-state index contributed by atoms with van der Waals surface area (Å²) < 4.78 is 5.60. The van der Waals surface area contributed by atoms with Crippen LogP contribution in [0.15, 0.2) is 30.4 Å². The third-order valence-electron chi connectivity index (χ3n) is 5.38. The number of ketones is 1. The molecule has 5 nitrogen and oxygen atoms in total. The number of ether oxygens (including phenoxy) is 1. The highest BCUT2D eigenvalue weighted by Crippen LogP contribution is 2.53. The molecule has 2 aliphatic carbocycles. The molecule has 124 valence electrons. The molecule has 1 aromatic rings. The number of carbonyl (C=O) groups is 3. The highest BCUT2D eigenvalue weighted by molar-refractivity contribution is 6.23. The van der Waals surface area contributed by atoms with E-state index in [9.17, 15) is 14.4 Å². The molecule has 1 aromatic carbocycles. The Hall–Kier alpha value is -2.43. The number of hydrogen-bond acceptors (Lipinski definition) is 4. The summed E-state index contributed by atoms with van der Waals surface area (Å²) in [6, 6.07) is 4.92. The average molecular weight is 325 g/mol. The van der Waals surface area contributed by atoms with Crippen molar-refractivity contribution in [3.8, 4) is 5.75 Å². The lowest BCUT2D eigenvalue weighted by atomic mass is 9.85. The van der Waals surface area contributed by atoms with Crippen LogP contribution in [-0.2, 0) is 9.59 Å². The van der Waals surface area contributed by atoms with Crippen molar-refractivity contribution in [1.29, 1.82) is 0 Å². The average Bonchev–Trinajstić information content (AvgIpc) is 3.22. The lowest BCUT2D eigenvalue weighted by Crippen LogP contribution is -2.33. The van der Waals surface area contributed by atoms with E-state index in [2.05, 4.69) is 12.2 Å². The Bertz CT molecular complexity index is 752. The summed E-state index contributed by atoms with van der Waals surface area (Å²) in [6.07, 6.45) is 5.03. The monoisotopic (exact) mass is 325 g/mol. The zero-order valence-electron chi connectivity index (χ0n) is 13.7. The Balaban J connectivity index is 1.78. The van der Waals surface area contributed by atoms with Gasteiger partial charge in [-0.25, -0.2) is 4.90 Å². The summed E-state index contributed by atoms with van der Waals surface area (Å²) in [6.45, 7) is 3.73. The van der Waals surface area contributed by atoms with E-state index in [0.717, 1.165) is 6.42 Å². The Kier molecular flexibility index (Phi) is 3.34. The highest BCUT2D eigenvalue weighted by atomic mass is 16.5. The van der Waals surface area contributed by atoms with Gasteiger partial charge in [0.25, 0.3) is 0 Å². The second-order valence-electron chi connectivity index (χ2n) is 6.68. The van der Waals surface area contributed by atoms with E-state index in [1.807, 2.05) is 6.92 Å². The molecule has 5 heteroatoms. The SMILES string of the molecule is CCOc1ccc(C(C)=O)cc1N1C(=O)[C@H]2[C@H](C1=O)[C@H]1C=C[C@H]2C1. The van der Waals surface area contributed by atoms with Crippen molar-refractivity contribution in [2.75, 3.05) is 11.5 Å². The van der Waals surface area contributed by atoms with E-state index < -0.39 is 0 Å². The number of benzene rings is 1. The Morgan fingerprint density at radius 3 is 2.33 bits per heavy atom. The topological polar surface area (TPSA) is 63.7 Å². The first-order valence-corrected chi connectivity index (χ1v) is 8.36. The standard InChI is InChI=1S/C19H19NO4/c1-3-24-15-7-6-11(10(2)21)9-14(15)20-18(22)16-12-4-5-13(8-12)17(16)19(20)23/h4-7,9,12-13,16-17H,3,8H2,1-2H3/t12-,13-,16+,17+/m0/s1. The van der Waals surface area contributed by atoms with Gasteiger partial charge in [0.2, 0.25) is 11.8 Å². The van der Waals surface area contributed by atoms with Crippen LogP contribution in [0.5, 0.6) is 5.75 Å². The molecule has 1 aliphatic heterocycles. The van der Waals surface area contributed by atoms with Crippen LogP contribution in [0.4, 0.5) is 5.69 Å². The number of imide groups is 1. The molecule has 3 aliphatic rings. The molecule has 2 amide bonds. The summed E-state index contributed by atoms with van der Waals surface area (Å²) >= 11 is 0. The molecule has 24 heavy (non-hydrogen) atoms. The maximum absolute atomic E-state index is 13.0. The van der Waals surface area contributed by atoms with Crippen molar-refractivity contribution in [3.05, 3.63) is 35.9 Å². The smallest absolute Gasteiger partial charge is 0.238 e. The van der Waals surface area contributed by atoms with Gasteiger partial charge in [0, 0.05) is 5.56 Å². The number of Topliss-reactive ketones (excluding diaryl/α,β-unsaturated/α-hetero) is 1. The van der Waals surface area contributed by atoms with Crippen molar-refractivity contribution in [1.82, 2.24) is 0 Å². The maximum Gasteiger partial charge on any atom is 0.238 e. The second kappa shape index (κ2) is 5.30. The first-order valence-electron chi connectivity index (χ1n) is 8.36. The van der Waals surface area contributed by atoms with E-state index in [1.165, 1.54) is 11.8 Å². The van der Waals surface area contributed by atoms with Crippen molar-refractivity contribution in [2.45, 2.75) is 20.3 Å². The molecule has 1 saturated carbocycles. The third-order valence-corrected chi connectivity index (χ3v) is 5.38. The van der Waals surface area contributed by atoms with Gasteiger partial charge < -0.3 is 4.74 Å². The largest absolute Gasteiger partial charge is 0.492 e. The van der Waals surface area contributed by atoms with Gasteiger partial charge in [0.05, 0.1) is 24.1 Å². The summed E-state index contributed by atoms with van der Waals surface area (Å²) in [5.41, 5.74) is 0.862. The number of fused-ring (bicyclic) bond motifs is 5. The third kappa shape index (κ3) is 1.97. The first-order chi connectivity index (χ1) is 11.5. The van der Waals surface area contributed by atoms with Crippen LogP contribution in [0.25, 0.3) is 0 Å². The number of amides is 2. The molecule has 4 rings (SSSR count). The van der Waals surface area contributed by atoms with Crippen molar-refractivity contribution in [2.24, 2.45) is 23.7 Å². The molecule has 0 aromatic heterocycles. The minimum Gasteiger partial charge on any atom is -0.492 e. The Labute approximate surface area is 140 Å². The molecule has 2 bridgehead atoms. The second-order valence-corrected chi connectivity index (χ2v) is 6.68. The van der Waals surface area contributed by atoms with Crippen LogP contribution in [0.1, 0.15) is 30.6 Å². The van der Waals surface area contributed by atoms with E-state index in [1.54, 1.807) is 18.2 Å². The fourth-order valence-electron chi connectivity index (χ4n) is 4.33. The van der Waals surface area contributed by atoms with Crippen molar-refractivity contribution < 1.29 is 19.1 Å². The molecule has 0 radical (unpaired) electrons. The summed E-state index contributed by atoms with van der Waals surface area (Å²) in [7, 11) is 0. The number of allylic oxidation sites excluding steroid dienone is 2. The van der Waals surface area contributed by atoms with Crippen LogP contribution >= 0.6 is 0 Å². The number of rotatable bonds is 4. The van der Waals surface area contributed by atoms with Crippen LogP contribution in [-0.4, -0.2) is 24.2 Å². The van der Waals surface area contributed by atoms with E-state index >= 15 is 0 Å². The lowest BCUT2D eigenvalue weighted by Gasteiger charge is -2.21. The maximum atomic E-state index is 13.0. The van der Waals surface area contributed by atoms with Gasteiger partial charge in [-0.2, -0.15) is 0 Å². The van der Waals surface area contributed by atoms with Crippen molar-refractivity contribution >= 4 is 23.3 Å². The van der Waals surface area contributed by atoms with Gasteiger partial charge in [-0.15, -0.1) is 0 Å². The van der Waals surface area contributed by atoms with Crippen LogP contribution in [0.2, 0.25) is 0 Å². The zero-order valence-corrected chi connectivity index (χ0v) is 13.7. The lowest BCUT2D eigenvalue weighted by molar-refractivity contribution is -0.123. The fraction of sp³-hybridized carbons (Fsp3) is 0.421. The molecule has 4 atom stereocenters. The molecule has 2 fully saturated rings. The predicted molar refractivity (Wildman–Crippen MR) is 87.8 cm³/mol. The zero-order chi connectivity index (χ0) is 17.0. The van der Waals surface area contributed by atoms with Crippen LogP contribution in [0, 0.1) is 23.7 Å². The van der Waals surface area contributed by atoms with Gasteiger partial charge in [0.15, 0.2) is 5.78 Å². The molecule has 1 heterocycles. The number of nitrogens with zero attached hydrogens (tertiary/aromatic N) is 1. The Morgan fingerprint density at radius 1 is 1.17 bits per heavy atom. The summed E-state index contributed by atoms with van der Waals surface area (Å²) in [5, 5.41) is 0. The minimum atomic E-state index is -0.261. The van der Waals surface area contributed by atoms with E-state index in [0.29, 0.717) is 23.6 Å². The van der Waals surface area contributed by atoms with Gasteiger partial charge >= 0.3 is 0 Å². The summed E-state index contributed by atoms with van der Waals surface area (Å²) in [4.78, 5) is 38.9. The normalized spacial score (nSPS) is 30.2. The van der Waals surface area contributed by atoms with Crippen LogP contribution < -0.4 is 9.64 Å². The van der Waals surface area contributed by atoms with Gasteiger partial charge in [0.1, 0.15) is 5.75 Å². The Morgan fingerprint density at radius 2 is 1.79 bits per heavy atom. The number of carbonyl (C=O) groups excluding carboxylic acids is 3. The van der Waals surface area contributed by atoms with E-state index in [-0.39, 0.29) is 41.3 Å². The predicted octanol–water partition coefficient (Wildman–Crippen LogP) is 2.60. The first kappa shape index (κ1) is 15.1. The number of hydrogen-bond donors (Lipinski definition) is 0. The minimum absolute atomic E-state index is 0.111. The molecular weight excluding hydrogens is 306 g/mol. The van der Waals surface area contributed by atoms with Gasteiger partial charge in [-0.05, 0) is 50.3 Å². The van der Waals surface area contributed by atoms with Gasteiger partial charge in [-0.3, -0.25) is 14.4 Å². The number of anilines is 1.